The van der Waals surface area contributed by atoms with E-state index in [4.69, 9.17) is 11.6 Å². The van der Waals surface area contributed by atoms with Gasteiger partial charge in [-0.05, 0) is 6.07 Å². The first kappa shape index (κ1) is 10.6. The second-order valence-corrected chi connectivity index (χ2v) is 6.01. The first-order valence-electron chi connectivity index (χ1n) is 4.51. The summed E-state index contributed by atoms with van der Waals surface area (Å²) in [6, 6.07) is 1.59. The van der Waals surface area contributed by atoms with Crippen LogP contribution in [0.1, 0.15) is 0 Å². The highest BCUT2D eigenvalue weighted by Crippen LogP contribution is 2.13. The van der Waals surface area contributed by atoms with E-state index in [2.05, 4.69) is 9.97 Å². The van der Waals surface area contributed by atoms with E-state index in [1.54, 1.807) is 12.3 Å². The zero-order valence-corrected chi connectivity index (χ0v) is 9.50. The molecule has 0 bridgehead atoms. The third-order valence-electron chi connectivity index (χ3n) is 2.24. The number of sulfone groups is 1. The monoisotopic (exact) mass is 247 g/mol. The molecule has 0 radical (unpaired) electrons. The third kappa shape index (κ3) is 2.57. The number of nitrogens with zero attached hydrogens (tertiary/aromatic N) is 3. The van der Waals surface area contributed by atoms with Crippen molar-refractivity contribution in [1.82, 2.24) is 9.97 Å². The van der Waals surface area contributed by atoms with Gasteiger partial charge in [-0.2, -0.15) is 0 Å². The average molecular weight is 248 g/mol. The van der Waals surface area contributed by atoms with Crippen molar-refractivity contribution in [3.05, 3.63) is 17.4 Å². The van der Waals surface area contributed by atoms with Crippen LogP contribution in [0.2, 0.25) is 5.15 Å². The second-order valence-electron chi connectivity index (χ2n) is 3.32. The summed E-state index contributed by atoms with van der Waals surface area (Å²) in [7, 11) is -2.86. The fraction of sp³-hybridized carbons (Fsp3) is 0.500. The number of aromatic nitrogens is 2. The molecule has 7 heteroatoms. The Morgan fingerprint density at radius 3 is 2.60 bits per heavy atom. The Morgan fingerprint density at radius 1 is 1.33 bits per heavy atom. The first-order valence-corrected chi connectivity index (χ1v) is 6.71. The highest BCUT2D eigenvalue weighted by atomic mass is 35.5. The van der Waals surface area contributed by atoms with Crippen molar-refractivity contribution < 1.29 is 8.42 Å². The van der Waals surface area contributed by atoms with Crippen LogP contribution in [0.25, 0.3) is 0 Å². The Kier molecular flexibility index (Phi) is 2.79. The standard InChI is InChI=1S/C8H10ClN3O2S/c9-7-1-2-10-8(11-7)12-3-5-15(13,14)6-4-12/h1-2H,3-6H2. The Hall–Kier alpha value is -0.880. The van der Waals surface area contributed by atoms with Gasteiger partial charge in [0.2, 0.25) is 5.95 Å². The molecule has 82 valence electrons. The van der Waals surface area contributed by atoms with E-state index in [9.17, 15) is 8.42 Å². The van der Waals surface area contributed by atoms with E-state index in [0.29, 0.717) is 24.2 Å². The lowest BCUT2D eigenvalue weighted by molar-refractivity contribution is 0.585. The molecule has 0 aliphatic carbocycles. The van der Waals surface area contributed by atoms with E-state index < -0.39 is 9.84 Å². The summed E-state index contributed by atoms with van der Waals surface area (Å²) in [6.45, 7) is 0.866. The summed E-state index contributed by atoms with van der Waals surface area (Å²) in [5.74, 6) is 0.809. The molecule has 0 unspecified atom stereocenters. The number of hydrogen-bond acceptors (Lipinski definition) is 5. The fourth-order valence-electron chi connectivity index (χ4n) is 1.39. The van der Waals surface area contributed by atoms with E-state index in [1.807, 2.05) is 4.90 Å². The van der Waals surface area contributed by atoms with Crippen LogP contribution in [0.3, 0.4) is 0 Å². The highest BCUT2D eigenvalue weighted by molar-refractivity contribution is 7.91. The number of anilines is 1. The molecule has 0 spiro atoms. The summed E-state index contributed by atoms with van der Waals surface area (Å²) in [5.41, 5.74) is 0. The molecular formula is C8H10ClN3O2S. The van der Waals surface area contributed by atoms with Gasteiger partial charge >= 0.3 is 0 Å². The third-order valence-corrected chi connectivity index (χ3v) is 4.06. The van der Waals surface area contributed by atoms with Crippen molar-refractivity contribution in [3.63, 3.8) is 0 Å². The normalized spacial score (nSPS) is 20.2. The van der Waals surface area contributed by atoms with Gasteiger partial charge in [0.25, 0.3) is 0 Å². The van der Waals surface area contributed by atoms with Gasteiger partial charge in [0.15, 0.2) is 9.84 Å². The van der Waals surface area contributed by atoms with Crippen molar-refractivity contribution in [3.8, 4) is 0 Å². The molecule has 2 heterocycles. The predicted octanol–water partition coefficient (Wildman–Crippen LogP) is 0.365. The molecule has 0 saturated carbocycles. The second kappa shape index (κ2) is 3.94. The van der Waals surface area contributed by atoms with E-state index in [-0.39, 0.29) is 11.5 Å². The van der Waals surface area contributed by atoms with Crippen LogP contribution >= 0.6 is 11.6 Å². The van der Waals surface area contributed by atoms with Gasteiger partial charge in [-0.1, -0.05) is 11.6 Å². The predicted molar refractivity (Wildman–Crippen MR) is 57.9 cm³/mol. The van der Waals surface area contributed by atoms with Crippen molar-refractivity contribution in [1.29, 1.82) is 0 Å². The minimum absolute atomic E-state index is 0.156. The Morgan fingerprint density at radius 2 is 2.00 bits per heavy atom. The molecule has 1 aromatic rings. The van der Waals surface area contributed by atoms with Gasteiger partial charge in [-0.15, -0.1) is 0 Å². The van der Waals surface area contributed by atoms with Crippen LogP contribution in [0.5, 0.6) is 0 Å². The maximum absolute atomic E-state index is 11.2. The maximum atomic E-state index is 11.2. The van der Waals surface area contributed by atoms with Crippen LogP contribution in [0.4, 0.5) is 5.95 Å². The van der Waals surface area contributed by atoms with E-state index in [1.165, 1.54) is 0 Å². The molecular weight excluding hydrogens is 238 g/mol. The molecule has 2 rings (SSSR count). The molecule has 0 amide bonds. The average Bonchev–Trinajstić information content (AvgIpc) is 2.17. The van der Waals surface area contributed by atoms with Crippen LogP contribution < -0.4 is 4.90 Å². The first-order chi connectivity index (χ1) is 7.07. The smallest absolute Gasteiger partial charge is 0.226 e. The number of rotatable bonds is 1. The Bertz CT molecular complexity index is 449. The molecule has 5 nitrogen and oxygen atoms in total. The van der Waals surface area contributed by atoms with Crippen molar-refractivity contribution in [2.45, 2.75) is 0 Å². The summed E-state index contributed by atoms with van der Waals surface area (Å²) < 4.78 is 22.4. The molecule has 1 saturated heterocycles. The van der Waals surface area contributed by atoms with Gasteiger partial charge < -0.3 is 4.90 Å². The SMILES string of the molecule is O=S1(=O)CCN(c2nccc(Cl)n2)CC1. The van der Waals surface area contributed by atoms with Crippen LogP contribution in [0.15, 0.2) is 12.3 Å². The number of halogens is 1. The lowest BCUT2D eigenvalue weighted by Gasteiger charge is -2.26. The minimum atomic E-state index is -2.86. The molecule has 0 atom stereocenters. The molecule has 0 N–H and O–H groups in total. The zero-order chi connectivity index (χ0) is 10.9. The summed E-state index contributed by atoms with van der Waals surface area (Å²) in [6.07, 6.45) is 1.56. The van der Waals surface area contributed by atoms with Gasteiger partial charge in [0.1, 0.15) is 5.15 Å². The largest absolute Gasteiger partial charge is 0.339 e. The molecule has 1 aromatic heterocycles. The van der Waals surface area contributed by atoms with Crippen LogP contribution in [-0.2, 0) is 9.84 Å². The van der Waals surface area contributed by atoms with Crippen LogP contribution in [0, 0.1) is 0 Å². The number of hydrogen-bond donors (Lipinski definition) is 0. The molecule has 1 aliphatic heterocycles. The lowest BCUT2D eigenvalue weighted by Crippen LogP contribution is -2.41. The van der Waals surface area contributed by atoms with Gasteiger partial charge in [-0.25, -0.2) is 18.4 Å². The van der Waals surface area contributed by atoms with Gasteiger partial charge in [-0.3, -0.25) is 0 Å². The Labute approximate surface area is 93.0 Å². The lowest BCUT2D eigenvalue weighted by atomic mass is 10.5. The fourth-order valence-corrected chi connectivity index (χ4v) is 2.73. The Balaban J connectivity index is 2.14. The zero-order valence-electron chi connectivity index (χ0n) is 7.93. The van der Waals surface area contributed by atoms with Gasteiger partial charge in [0.05, 0.1) is 11.5 Å². The summed E-state index contributed by atoms with van der Waals surface area (Å²) >= 11 is 5.72. The quantitative estimate of drug-likeness (QED) is 0.671. The van der Waals surface area contributed by atoms with Gasteiger partial charge in [0, 0.05) is 19.3 Å². The van der Waals surface area contributed by atoms with E-state index >= 15 is 0 Å². The van der Waals surface area contributed by atoms with Crippen molar-refractivity contribution in [2.75, 3.05) is 29.5 Å². The van der Waals surface area contributed by atoms with Crippen LogP contribution in [-0.4, -0.2) is 43.0 Å². The summed E-state index contributed by atoms with van der Waals surface area (Å²) in [4.78, 5) is 9.90. The maximum Gasteiger partial charge on any atom is 0.226 e. The minimum Gasteiger partial charge on any atom is -0.339 e. The van der Waals surface area contributed by atoms with E-state index in [0.717, 1.165) is 0 Å². The molecule has 0 aromatic carbocycles. The van der Waals surface area contributed by atoms with Crippen molar-refractivity contribution >= 4 is 27.4 Å². The molecule has 1 aliphatic rings. The van der Waals surface area contributed by atoms with Crippen molar-refractivity contribution in [2.24, 2.45) is 0 Å². The summed E-state index contributed by atoms with van der Waals surface area (Å²) in [5, 5.41) is 0.369. The molecule has 1 fully saturated rings. The highest BCUT2D eigenvalue weighted by Gasteiger charge is 2.23. The topological polar surface area (TPSA) is 63.2 Å². The molecule has 15 heavy (non-hydrogen) atoms.